The van der Waals surface area contributed by atoms with Gasteiger partial charge in [0.15, 0.2) is 4.84 Å². The predicted molar refractivity (Wildman–Crippen MR) is 98.3 cm³/mol. The zero-order valence-corrected chi connectivity index (χ0v) is 15.7. The van der Waals surface area contributed by atoms with E-state index in [0.29, 0.717) is 5.69 Å². The molecule has 1 aromatic rings. The van der Waals surface area contributed by atoms with E-state index in [0.717, 1.165) is 31.2 Å². The van der Waals surface area contributed by atoms with Crippen molar-refractivity contribution in [1.82, 2.24) is 5.32 Å². The van der Waals surface area contributed by atoms with E-state index in [4.69, 9.17) is 27.9 Å². The van der Waals surface area contributed by atoms with Crippen molar-refractivity contribution in [2.24, 2.45) is 0 Å². The normalized spacial score (nSPS) is 21.2. The molecule has 3 rings (SSSR count). The van der Waals surface area contributed by atoms with E-state index in [2.05, 4.69) is 5.32 Å². The first-order valence-corrected chi connectivity index (χ1v) is 9.66. The highest BCUT2D eigenvalue weighted by Gasteiger charge is 2.33. The number of nitrogens with one attached hydrogen (secondary N) is 1. The Morgan fingerprint density at radius 3 is 2.69 bits per heavy atom. The second-order valence-electron chi connectivity index (χ2n) is 6.70. The number of carbonyl (C=O) groups excluding carboxylic acids is 2. The van der Waals surface area contributed by atoms with Crippen LogP contribution >= 0.6 is 23.2 Å². The molecule has 1 atom stereocenters. The maximum Gasteiger partial charge on any atom is 0.414 e. The fourth-order valence-electron chi connectivity index (χ4n) is 3.56. The van der Waals surface area contributed by atoms with Gasteiger partial charge in [0.1, 0.15) is 11.9 Å². The Morgan fingerprint density at radius 2 is 2.04 bits per heavy atom. The van der Waals surface area contributed by atoms with Gasteiger partial charge in [-0.15, -0.1) is 0 Å². The lowest BCUT2D eigenvalue weighted by Crippen LogP contribution is -2.37. The number of anilines is 1. The Morgan fingerprint density at radius 1 is 1.31 bits per heavy atom. The lowest BCUT2D eigenvalue weighted by Gasteiger charge is -2.23. The molecule has 1 heterocycles. The van der Waals surface area contributed by atoms with Gasteiger partial charge >= 0.3 is 6.09 Å². The maximum absolute atomic E-state index is 14.6. The standard InChI is InChI=1S/C18H21Cl2FN2O3/c19-16(20)17(24)22-9-13-10-23(18(25)26-13)12-6-7-14(15(21)8-12)11-4-2-1-3-5-11/h6-8,11,13,16H,1-5,9-10H2,(H,22,24)/t13-/m0/s1. The van der Waals surface area contributed by atoms with E-state index in [9.17, 15) is 14.0 Å². The van der Waals surface area contributed by atoms with Gasteiger partial charge in [-0.3, -0.25) is 9.69 Å². The Bertz CT molecular complexity index is 680. The van der Waals surface area contributed by atoms with E-state index in [1.54, 1.807) is 12.1 Å². The van der Waals surface area contributed by atoms with Gasteiger partial charge in [0, 0.05) is 0 Å². The summed E-state index contributed by atoms with van der Waals surface area (Å²) in [6.45, 7) is 0.316. The van der Waals surface area contributed by atoms with E-state index < -0.39 is 22.9 Å². The predicted octanol–water partition coefficient (Wildman–Crippen LogP) is 4.12. The molecule has 142 valence electrons. The number of hydrogen-bond acceptors (Lipinski definition) is 3. The van der Waals surface area contributed by atoms with Crippen molar-refractivity contribution >= 4 is 40.9 Å². The highest BCUT2D eigenvalue weighted by molar-refractivity contribution is 6.53. The molecule has 0 spiro atoms. The number of alkyl halides is 2. The Labute approximate surface area is 161 Å². The van der Waals surface area contributed by atoms with Crippen molar-refractivity contribution in [1.29, 1.82) is 0 Å². The third-order valence-corrected chi connectivity index (χ3v) is 5.31. The molecular weight excluding hydrogens is 382 g/mol. The third kappa shape index (κ3) is 4.41. The van der Waals surface area contributed by atoms with Crippen molar-refractivity contribution in [3.05, 3.63) is 29.6 Å². The van der Waals surface area contributed by atoms with Gasteiger partial charge in [-0.2, -0.15) is 0 Å². The number of hydrogen-bond donors (Lipinski definition) is 1. The topological polar surface area (TPSA) is 58.6 Å². The van der Waals surface area contributed by atoms with Crippen LogP contribution in [0, 0.1) is 5.82 Å². The summed E-state index contributed by atoms with van der Waals surface area (Å²) in [5.74, 6) is -0.581. The molecule has 8 heteroatoms. The number of nitrogens with zero attached hydrogens (tertiary/aromatic N) is 1. The molecule has 2 fully saturated rings. The fraction of sp³-hybridized carbons (Fsp3) is 0.556. The Hall–Kier alpha value is -1.53. The van der Waals surface area contributed by atoms with Crippen LogP contribution in [-0.4, -0.2) is 36.0 Å². The summed E-state index contributed by atoms with van der Waals surface area (Å²) in [5.41, 5.74) is 1.17. The summed E-state index contributed by atoms with van der Waals surface area (Å²) in [6, 6.07) is 4.91. The lowest BCUT2D eigenvalue weighted by molar-refractivity contribution is -0.119. The molecule has 1 aliphatic heterocycles. The minimum absolute atomic E-state index is 0.0969. The quantitative estimate of drug-likeness (QED) is 0.753. The summed E-state index contributed by atoms with van der Waals surface area (Å²) >= 11 is 10.9. The van der Waals surface area contributed by atoms with Crippen LogP contribution in [0.1, 0.15) is 43.6 Å². The van der Waals surface area contributed by atoms with Crippen LogP contribution in [0.15, 0.2) is 18.2 Å². The molecule has 26 heavy (non-hydrogen) atoms. The highest BCUT2D eigenvalue weighted by atomic mass is 35.5. The lowest BCUT2D eigenvalue weighted by atomic mass is 9.84. The van der Waals surface area contributed by atoms with Crippen molar-refractivity contribution < 1.29 is 18.7 Å². The molecule has 0 aromatic heterocycles. The van der Waals surface area contributed by atoms with E-state index in [-0.39, 0.29) is 24.8 Å². The molecular formula is C18H21Cl2FN2O3. The summed E-state index contributed by atoms with van der Waals surface area (Å²) in [5, 5.41) is 2.50. The number of amides is 2. The zero-order valence-electron chi connectivity index (χ0n) is 14.2. The van der Waals surface area contributed by atoms with Crippen LogP contribution in [0.3, 0.4) is 0 Å². The van der Waals surface area contributed by atoms with Gasteiger partial charge in [0.25, 0.3) is 5.91 Å². The molecule has 0 unspecified atom stereocenters. The van der Waals surface area contributed by atoms with Crippen LogP contribution < -0.4 is 10.2 Å². The van der Waals surface area contributed by atoms with Gasteiger partial charge in [-0.05, 0) is 36.5 Å². The largest absolute Gasteiger partial charge is 0.442 e. The second kappa shape index (κ2) is 8.44. The summed E-state index contributed by atoms with van der Waals surface area (Å²) < 4.78 is 19.8. The fourth-order valence-corrected chi connectivity index (χ4v) is 3.71. The SMILES string of the molecule is O=C(NC[C@H]1CN(c2ccc(C3CCCCC3)c(F)c2)C(=O)O1)C(Cl)Cl. The minimum atomic E-state index is -1.18. The van der Waals surface area contributed by atoms with Crippen molar-refractivity contribution in [2.45, 2.75) is 49.0 Å². The monoisotopic (exact) mass is 402 g/mol. The van der Waals surface area contributed by atoms with Crippen LogP contribution in [0.25, 0.3) is 0 Å². The van der Waals surface area contributed by atoms with Gasteiger partial charge < -0.3 is 10.1 Å². The number of rotatable bonds is 5. The molecule has 2 aliphatic rings. The molecule has 1 aliphatic carbocycles. The number of benzene rings is 1. The van der Waals surface area contributed by atoms with E-state index in [1.165, 1.54) is 17.4 Å². The van der Waals surface area contributed by atoms with Crippen molar-refractivity contribution in [3.8, 4) is 0 Å². The van der Waals surface area contributed by atoms with Gasteiger partial charge in [-0.1, -0.05) is 48.5 Å². The van der Waals surface area contributed by atoms with Crippen LogP contribution in [0.5, 0.6) is 0 Å². The van der Waals surface area contributed by atoms with Crippen molar-refractivity contribution in [3.63, 3.8) is 0 Å². The maximum atomic E-state index is 14.6. The molecule has 0 radical (unpaired) electrons. The van der Waals surface area contributed by atoms with Gasteiger partial charge in [0.05, 0.1) is 18.8 Å². The zero-order chi connectivity index (χ0) is 18.7. The first-order valence-electron chi connectivity index (χ1n) is 8.79. The minimum Gasteiger partial charge on any atom is -0.442 e. The summed E-state index contributed by atoms with van der Waals surface area (Å²) in [4.78, 5) is 23.7. The molecule has 5 nitrogen and oxygen atoms in total. The Balaban J connectivity index is 1.64. The average molecular weight is 403 g/mol. The number of carbonyl (C=O) groups is 2. The van der Waals surface area contributed by atoms with E-state index >= 15 is 0 Å². The van der Waals surface area contributed by atoms with Crippen LogP contribution in [-0.2, 0) is 9.53 Å². The summed E-state index contributed by atoms with van der Waals surface area (Å²) in [6.07, 6.45) is 4.37. The number of halogens is 3. The van der Waals surface area contributed by atoms with Gasteiger partial charge in [-0.25, -0.2) is 9.18 Å². The highest BCUT2D eigenvalue weighted by Crippen LogP contribution is 2.35. The van der Waals surface area contributed by atoms with E-state index in [1.807, 2.05) is 0 Å². The van der Waals surface area contributed by atoms with Gasteiger partial charge in [0.2, 0.25) is 0 Å². The molecule has 1 saturated heterocycles. The molecule has 1 N–H and O–H groups in total. The number of cyclic esters (lactones) is 1. The van der Waals surface area contributed by atoms with Crippen LogP contribution in [0.2, 0.25) is 0 Å². The molecule has 1 aromatic carbocycles. The van der Waals surface area contributed by atoms with Crippen molar-refractivity contribution in [2.75, 3.05) is 18.0 Å². The smallest absolute Gasteiger partial charge is 0.414 e. The Kier molecular flexibility index (Phi) is 6.24. The average Bonchev–Trinajstić information content (AvgIpc) is 3.01. The first-order chi connectivity index (χ1) is 12.5. The summed E-state index contributed by atoms with van der Waals surface area (Å²) in [7, 11) is 0. The second-order valence-corrected chi connectivity index (χ2v) is 7.80. The number of ether oxygens (including phenoxy) is 1. The molecule has 2 amide bonds. The molecule has 1 saturated carbocycles. The van der Waals surface area contributed by atoms with Crippen LogP contribution in [0.4, 0.5) is 14.9 Å². The third-order valence-electron chi connectivity index (χ3n) is 4.92. The molecule has 0 bridgehead atoms. The first kappa shape index (κ1) is 19.2.